The van der Waals surface area contributed by atoms with Gasteiger partial charge in [0.05, 0.1) is 36.2 Å². The maximum absolute atomic E-state index is 13.4. The Bertz CT molecular complexity index is 1390. The van der Waals surface area contributed by atoms with Crippen LogP contribution in [0.3, 0.4) is 0 Å². The van der Waals surface area contributed by atoms with E-state index in [0.29, 0.717) is 9.09 Å². The maximum atomic E-state index is 13.4. The molecule has 4 rings (SSSR count). The van der Waals surface area contributed by atoms with Gasteiger partial charge in [0, 0.05) is 0 Å². The maximum Gasteiger partial charge on any atom is 0.208 e. The molecule has 0 fully saturated rings. The summed E-state index contributed by atoms with van der Waals surface area (Å²) in [6.45, 7) is 1.98. The average Bonchev–Trinajstić information content (AvgIpc) is 3.39. The van der Waals surface area contributed by atoms with Crippen LogP contribution < -0.4 is 5.73 Å². The summed E-state index contributed by atoms with van der Waals surface area (Å²) >= 11 is 2.48. The number of benzene rings is 2. The molecule has 0 bridgehead atoms. The smallest absolute Gasteiger partial charge is 0.208 e. The van der Waals surface area contributed by atoms with E-state index in [9.17, 15) is 8.42 Å². The number of hydrogen-bond acceptors (Lipinski definition) is 7. The summed E-state index contributed by atoms with van der Waals surface area (Å²) in [5, 5.41) is 11.9. The monoisotopic (exact) mass is 458 g/mol. The molecule has 4 aromatic rings. The first-order valence-electron chi connectivity index (χ1n) is 8.80. The van der Waals surface area contributed by atoms with E-state index < -0.39 is 9.84 Å². The fraction of sp³-hybridized carbons (Fsp3) is 0.100. The van der Waals surface area contributed by atoms with E-state index in [4.69, 9.17) is 10.9 Å². The van der Waals surface area contributed by atoms with E-state index in [1.165, 1.54) is 29.2 Å². The van der Waals surface area contributed by atoms with Crippen molar-refractivity contribution in [1.29, 1.82) is 0 Å². The van der Waals surface area contributed by atoms with Crippen molar-refractivity contribution < 1.29 is 13.6 Å². The number of oxime groups is 1. The van der Waals surface area contributed by atoms with E-state index in [0.717, 1.165) is 27.7 Å². The zero-order chi connectivity index (χ0) is 21.5. The number of thiophene rings is 1. The van der Waals surface area contributed by atoms with Crippen molar-refractivity contribution in [2.24, 2.45) is 10.9 Å². The lowest BCUT2D eigenvalue weighted by Gasteiger charge is -2.10. The fourth-order valence-electron chi connectivity index (χ4n) is 3.22. The molecular weight excluding hydrogens is 440 g/mol. The van der Waals surface area contributed by atoms with Gasteiger partial charge in [-0.2, -0.15) is 0 Å². The van der Waals surface area contributed by atoms with E-state index in [1.54, 1.807) is 30.8 Å². The zero-order valence-corrected chi connectivity index (χ0v) is 18.5. The number of thioether (sulfide) groups is 1. The summed E-state index contributed by atoms with van der Waals surface area (Å²) in [6, 6.07) is 12.2. The van der Waals surface area contributed by atoms with E-state index in [-0.39, 0.29) is 15.6 Å². The van der Waals surface area contributed by atoms with Crippen LogP contribution >= 0.6 is 23.1 Å². The number of hydrogen-bond donors (Lipinski definition) is 3. The number of amidine groups is 1. The van der Waals surface area contributed by atoms with Gasteiger partial charge in [0.25, 0.3) is 0 Å². The molecule has 0 aliphatic heterocycles. The second-order valence-corrected chi connectivity index (χ2v) is 10.6. The molecule has 0 atom stereocenters. The molecule has 0 unspecified atom stereocenters. The lowest BCUT2D eigenvalue weighted by Crippen LogP contribution is -2.11. The van der Waals surface area contributed by atoms with Crippen molar-refractivity contribution in [3.63, 3.8) is 0 Å². The standard InChI is InChI=1S/C20H18N4O3S3/c1-11-6-15-16(23-10-22-15)8-14(11)12-4-3-5-13(7-12)30(26,27)18-9-17(19(21)24-25)29-20(18)28-2/h3-10,25H,1-2H3,(H2,21,24)(H,22,23). The van der Waals surface area contributed by atoms with Crippen LogP contribution in [0.1, 0.15) is 10.4 Å². The highest BCUT2D eigenvalue weighted by Crippen LogP contribution is 2.38. The second-order valence-electron chi connectivity index (χ2n) is 6.57. The normalized spacial score (nSPS) is 12.5. The fourth-order valence-corrected chi connectivity index (χ4v) is 7.16. The first kappa shape index (κ1) is 20.5. The Morgan fingerprint density at radius 2 is 2.07 bits per heavy atom. The number of nitrogens with one attached hydrogen (secondary N) is 1. The van der Waals surface area contributed by atoms with Crippen LogP contribution in [0.4, 0.5) is 0 Å². The van der Waals surface area contributed by atoms with Crippen LogP contribution in [0.15, 0.2) is 67.9 Å². The number of H-pyrrole nitrogens is 1. The van der Waals surface area contributed by atoms with E-state index in [2.05, 4.69) is 15.1 Å². The molecule has 2 aromatic heterocycles. The summed E-state index contributed by atoms with van der Waals surface area (Å²) in [5.74, 6) is -0.117. The Morgan fingerprint density at radius 1 is 1.27 bits per heavy atom. The lowest BCUT2D eigenvalue weighted by molar-refractivity contribution is 0.319. The minimum Gasteiger partial charge on any atom is -0.409 e. The number of fused-ring (bicyclic) bond motifs is 1. The predicted molar refractivity (Wildman–Crippen MR) is 120 cm³/mol. The lowest BCUT2D eigenvalue weighted by atomic mass is 10.00. The Hall–Kier alpha value is -2.82. The Labute approximate surface area is 181 Å². The van der Waals surface area contributed by atoms with Gasteiger partial charge in [-0.05, 0) is 60.2 Å². The van der Waals surface area contributed by atoms with Gasteiger partial charge in [0.1, 0.15) is 0 Å². The van der Waals surface area contributed by atoms with Crippen LogP contribution in [0.2, 0.25) is 0 Å². The Kier molecular flexibility index (Phi) is 5.31. The van der Waals surface area contributed by atoms with Gasteiger partial charge in [0.15, 0.2) is 5.84 Å². The van der Waals surface area contributed by atoms with Gasteiger partial charge in [-0.15, -0.1) is 23.1 Å². The van der Waals surface area contributed by atoms with Crippen LogP contribution in [-0.4, -0.2) is 35.7 Å². The first-order valence-corrected chi connectivity index (χ1v) is 12.3. The van der Waals surface area contributed by atoms with Crippen molar-refractivity contribution >= 4 is 49.8 Å². The second kappa shape index (κ2) is 7.78. The number of aryl methyl sites for hydroxylation is 1. The third-order valence-electron chi connectivity index (χ3n) is 4.72. The highest BCUT2D eigenvalue weighted by atomic mass is 32.2. The molecule has 10 heteroatoms. The van der Waals surface area contributed by atoms with Gasteiger partial charge in [-0.3, -0.25) is 0 Å². The van der Waals surface area contributed by atoms with Gasteiger partial charge in [-0.1, -0.05) is 17.3 Å². The minimum atomic E-state index is -3.80. The number of aromatic nitrogens is 2. The van der Waals surface area contributed by atoms with Crippen molar-refractivity contribution in [2.75, 3.05) is 6.26 Å². The van der Waals surface area contributed by atoms with Crippen molar-refractivity contribution in [3.8, 4) is 11.1 Å². The van der Waals surface area contributed by atoms with Crippen molar-refractivity contribution in [1.82, 2.24) is 9.97 Å². The highest BCUT2D eigenvalue weighted by Gasteiger charge is 2.25. The van der Waals surface area contributed by atoms with E-state index >= 15 is 0 Å². The molecule has 0 radical (unpaired) electrons. The molecular formula is C20H18N4O3S3. The summed E-state index contributed by atoms with van der Waals surface area (Å²) in [4.78, 5) is 8.11. The van der Waals surface area contributed by atoms with Gasteiger partial charge in [0.2, 0.25) is 9.84 Å². The molecule has 4 N–H and O–H groups in total. The number of aromatic amines is 1. The SMILES string of the molecule is CSc1sc(C(N)=NO)cc1S(=O)(=O)c1cccc(-c2cc3nc[nH]c3cc2C)c1. The molecule has 0 saturated carbocycles. The third-order valence-corrected chi connectivity index (χ3v) is 9.05. The topological polar surface area (TPSA) is 121 Å². The summed E-state index contributed by atoms with van der Waals surface area (Å²) in [7, 11) is -3.80. The number of sulfone groups is 1. The highest BCUT2D eigenvalue weighted by molar-refractivity contribution is 8.01. The van der Waals surface area contributed by atoms with E-state index in [1.807, 2.05) is 25.1 Å². The summed E-state index contributed by atoms with van der Waals surface area (Å²) < 4.78 is 27.4. The molecule has 0 aliphatic rings. The zero-order valence-electron chi connectivity index (χ0n) is 16.1. The number of nitrogens with two attached hydrogens (primary N) is 1. The van der Waals surface area contributed by atoms with Crippen LogP contribution in [0.5, 0.6) is 0 Å². The third kappa shape index (κ3) is 3.47. The predicted octanol–water partition coefficient (Wildman–Crippen LogP) is 4.25. The number of nitrogens with zero attached hydrogens (tertiary/aromatic N) is 2. The quantitative estimate of drug-likeness (QED) is 0.135. The molecule has 2 heterocycles. The largest absolute Gasteiger partial charge is 0.409 e. The summed E-state index contributed by atoms with van der Waals surface area (Å²) in [6.07, 6.45) is 3.42. The summed E-state index contributed by atoms with van der Waals surface area (Å²) in [5.41, 5.74) is 10.1. The van der Waals surface area contributed by atoms with Gasteiger partial charge >= 0.3 is 0 Å². The number of rotatable bonds is 5. The molecule has 7 nitrogen and oxygen atoms in total. The molecule has 0 aliphatic carbocycles. The van der Waals surface area contributed by atoms with Crippen LogP contribution in [0.25, 0.3) is 22.2 Å². The molecule has 2 aromatic carbocycles. The molecule has 0 amide bonds. The molecule has 154 valence electrons. The van der Waals surface area contributed by atoms with Crippen LogP contribution in [0, 0.1) is 6.92 Å². The number of imidazole rings is 1. The van der Waals surface area contributed by atoms with Crippen molar-refractivity contribution in [3.05, 3.63) is 59.2 Å². The average molecular weight is 459 g/mol. The Balaban J connectivity index is 1.83. The minimum absolute atomic E-state index is 0.117. The first-order chi connectivity index (χ1) is 14.3. The molecule has 0 saturated heterocycles. The van der Waals surface area contributed by atoms with Gasteiger partial charge in [-0.25, -0.2) is 13.4 Å². The van der Waals surface area contributed by atoms with Crippen molar-refractivity contribution in [2.45, 2.75) is 20.9 Å². The van der Waals surface area contributed by atoms with Crippen LogP contribution in [-0.2, 0) is 9.84 Å². The van der Waals surface area contributed by atoms with Gasteiger partial charge < -0.3 is 15.9 Å². The Morgan fingerprint density at radius 3 is 2.80 bits per heavy atom. The molecule has 30 heavy (non-hydrogen) atoms. The molecule has 0 spiro atoms.